The third-order valence-electron chi connectivity index (χ3n) is 0.897. The zero-order valence-corrected chi connectivity index (χ0v) is 5.98. The number of rotatable bonds is 2. The Balaban J connectivity index is 2.48. The molecule has 0 fully saturated rings. The lowest BCUT2D eigenvalue weighted by Gasteiger charge is -1.99. The molecule has 48 valence electrons. The van der Waals surface area contributed by atoms with E-state index in [0.29, 0.717) is 0 Å². The minimum Gasteiger partial charge on any atom is -0.433 e. The van der Waals surface area contributed by atoms with E-state index in [-0.39, 0.29) is 0 Å². The van der Waals surface area contributed by atoms with Gasteiger partial charge in [0.05, 0.1) is 0 Å². The SMILES string of the molecule is CB(O)Nc1ccsc1. The normalized spacial score (nSPS) is 9.11. The van der Waals surface area contributed by atoms with Crippen molar-refractivity contribution in [2.24, 2.45) is 0 Å². The van der Waals surface area contributed by atoms with E-state index < -0.39 is 7.05 Å². The van der Waals surface area contributed by atoms with Crippen molar-refractivity contribution in [3.8, 4) is 0 Å². The zero-order chi connectivity index (χ0) is 6.69. The summed E-state index contributed by atoms with van der Waals surface area (Å²) < 4.78 is 0. The van der Waals surface area contributed by atoms with Crippen LogP contribution in [0.3, 0.4) is 0 Å². The number of anilines is 1. The van der Waals surface area contributed by atoms with Gasteiger partial charge in [-0.2, -0.15) is 11.3 Å². The Morgan fingerprint density at radius 3 is 3.00 bits per heavy atom. The quantitative estimate of drug-likeness (QED) is 0.607. The van der Waals surface area contributed by atoms with Crippen LogP contribution in [0.25, 0.3) is 0 Å². The van der Waals surface area contributed by atoms with Gasteiger partial charge in [0.2, 0.25) is 0 Å². The molecule has 0 amide bonds. The molecule has 1 rings (SSSR count). The minimum absolute atomic E-state index is 0.459. The van der Waals surface area contributed by atoms with Gasteiger partial charge in [-0.25, -0.2) is 0 Å². The number of hydrogen-bond donors (Lipinski definition) is 2. The first-order chi connectivity index (χ1) is 4.29. The molecule has 2 nitrogen and oxygen atoms in total. The summed E-state index contributed by atoms with van der Waals surface area (Å²) in [6.45, 7) is 1.69. The van der Waals surface area contributed by atoms with Gasteiger partial charge in [0.25, 0.3) is 0 Å². The van der Waals surface area contributed by atoms with Gasteiger partial charge in [0.1, 0.15) is 0 Å². The Labute approximate surface area is 58.7 Å². The Morgan fingerprint density at radius 1 is 1.78 bits per heavy atom. The highest BCUT2D eigenvalue weighted by atomic mass is 32.1. The van der Waals surface area contributed by atoms with E-state index in [4.69, 9.17) is 5.02 Å². The lowest BCUT2D eigenvalue weighted by atomic mass is 9.89. The molecule has 0 aromatic carbocycles. The Morgan fingerprint density at radius 2 is 2.56 bits per heavy atom. The van der Waals surface area contributed by atoms with Crippen molar-refractivity contribution in [1.82, 2.24) is 0 Å². The summed E-state index contributed by atoms with van der Waals surface area (Å²) in [7, 11) is -0.459. The fourth-order valence-electron chi connectivity index (χ4n) is 0.588. The van der Waals surface area contributed by atoms with Crippen LogP contribution in [0.4, 0.5) is 5.69 Å². The third kappa shape index (κ3) is 2.07. The van der Waals surface area contributed by atoms with Gasteiger partial charge < -0.3 is 10.3 Å². The standard InChI is InChI=1S/C5H8BNOS/c1-6(8)7-5-2-3-9-4-5/h2-4,7-8H,1H3. The van der Waals surface area contributed by atoms with Crippen LogP contribution >= 0.6 is 11.3 Å². The topological polar surface area (TPSA) is 32.3 Å². The molecule has 0 saturated carbocycles. The first-order valence-corrected chi connectivity index (χ1v) is 3.70. The van der Waals surface area contributed by atoms with Crippen molar-refractivity contribution >= 4 is 24.1 Å². The summed E-state index contributed by atoms with van der Waals surface area (Å²) in [5.41, 5.74) is 0.981. The summed E-state index contributed by atoms with van der Waals surface area (Å²) in [4.78, 5) is 0. The monoisotopic (exact) mass is 141 g/mol. The van der Waals surface area contributed by atoms with Crippen molar-refractivity contribution in [2.45, 2.75) is 6.82 Å². The molecule has 4 heteroatoms. The molecule has 0 atom stereocenters. The summed E-state index contributed by atoms with van der Waals surface area (Å²) >= 11 is 1.61. The van der Waals surface area contributed by atoms with E-state index in [1.807, 2.05) is 16.8 Å². The lowest BCUT2D eigenvalue weighted by Crippen LogP contribution is -2.18. The molecular formula is C5H8BNOS. The van der Waals surface area contributed by atoms with Gasteiger partial charge in [0.15, 0.2) is 0 Å². The average Bonchev–Trinajstić information content (AvgIpc) is 2.15. The highest BCUT2D eigenvalue weighted by Gasteiger charge is 2.00. The largest absolute Gasteiger partial charge is 0.433 e. The average molecular weight is 141 g/mol. The fraction of sp³-hybridized carbons (Fsp3) is 0.200. The van der Waals surface area contributed by atoms with Gasteiger partial charge in [-0.05, 0) is 18.3 Å². The summed E-state index contributed by atoms with van der Waals surface area (Å²) in [6, 6.07) is 1.93. The maximum absolute atomic E-state index is 8.82. The Bertz CT molecular complexity index is 163. The first-order valence-electron chi connectivity index (χ1n) is 2.76. The van der Waals surface area contributed by atoms with Crippen molar-refractivity contribution in [3.63, 3.8) is 0 Å². The van der Waals surface area contributed by atoms with Gasteiger partial charge in [-0.3, -0.25) is 0 Å². The van der Waals surface area contributed by atoms with Crippen molar-refractivity contribution in [1.29, 1.82) is 0 Å². The van der Waals surface area contributed by atoms with Crippen molar-refractivity contribution in [2.75, 3.05) is 5.23 Å². The maximum Gasteiger partial charge on any atom is 0.406 e. The molecule has 9 heavy (non-hydrogen) atoms. The summed E-state index contributed by atoms with van der Waals surface area (Å²) in [6.07, 6.45) is 0. The van der Waals surface area contributed by atoms with Crippen molar-refractivity contribution in [3.05, 3.63) is 16.8 Å². The number of nitrogens with one attached hydrogen (secondary N) is 1. The van der Waals surface area contributed by atoms with E-state index in [2.05, 4.69) is 5.23 Å². The molecule has 2 N–H and O–H groups in total. The molecule has 0 radical (unpaired) electrons. The highest BCUT2D eigenvalue weighted by Crippen LogP contribution is 2.11. The summed E-state index contributed by atoms with van der Waals surface area (Å²) in [5, 5.41) is 15.6. The zero-order valence-electron chi connectivity index (χ0n) is 5.16. The third-order valence-corrected chi connectivity index (χ3v) is 1.58. The smallest absolute Gasteiger partial charge is 0.406 e. The highest BCUT2D eigenvalue weighted by molar-refractivity contribution is 7.08. The maximum atomic E-state index is 8.82. The molecule has 1 aromatic rings. The van der Waals surface area contributed by atoms with Crippen LogP contribution in [0, 0.1) is 0 Å². The molecule has 0 saturated heterocycles. The van der Waals surface area contributed by atoms with Crippen LogP contribution in [0.5, 0.6) is 0 Å². The predicted molar refractivity (Wildman–Crippen MR) is 41.8 cm³/mol. The summed E-state index contributed by atoms with van der Waals surface area (Å²) in [5.74, 6) is 0. The van der Waals surface area contributed by atoms with Gasteiger partial charge in [-0.1, -0.05) is 0 Å². The van der Waals surface area contributed by atoms with Crippen LogP contribution < -0.4 is 5.23 Å². The van der Waals surface area contributed by atoms with Crippen LogP contribution in [0.15, 0.2) is 16.8 Å². The second-order valence-electron chi connectivity index (χ2n) is 1.83. The van der Waals surface area contributed by atoms with E-state index in [0.717, 1.165) is 5.69 Å². The molecule has 1 heterocycles. The first kappa shape index (κ1) is 6.64. The predicted octanol–water partition coefficient (Wildman–Crippen LogP) is 1.27. The second kappa shape index (κ2) is 2.89. The number of hydrogen-bond acceptors (Lipinski definition) is 3. The Hall–Kier alpha value is -0.475. The van der Waals surface area contributed by atoms with Gasteiger partial charge >= 0.3 is 7.05 Å². The van der Waals surface area contributed by atoms with Crippen molar-refractivity contribution < 1.29 is 5.02 Å². The van der Waals surface area contributed by atoms with E-state index in [9.17, 15) is 0 Å². The molecule has 1 aromatic heterocycles. The second-order valence-corrected chi connectivity index (χ2v) is 2.61. The van der Waals surface area contributed by atoms with E-state index in [1.54, 1.807) is 18.2 Å². The minimum atomic E-state index is -0.459. The van der Waals surface area contributed by atoms with Crippen LogP contribution in [0.2, 0.25) is 6.82 Å². The number of thiophene rings is 1. The molecule has 0 unspecified atom stereocenters. The van der Waals surface area contributed by atoms with Gasteiger partial charge in [0, 0.05) is 11.1 Å². The van der Waals surface area contributed by atoms with Crippen LogP contribution in [0.1, 0.15) is 0 Å². The molecule has 0 aliphatic carbocycles. The van der Waals surface area contributed by atoms with E-state index >= 15 is 0 Å². The fourth-order valence-corrected chi connectivity index (χ4v) is 1.18. The molecule has 0 aliphatic rings. The molecule has 0 aliphatic heterocycles. The van der Waals surface area contributed by atoms with Crippen LogP contribution in [-0.4, -0.2) is 12.1 Å². The van der Waals surface area contributed by atoms with E-state index in [1.165, 1.54) is 0 Å². The Kier molecular flexibility index (Phi) is 2.13. The van der Waals surface area contributed by atoms with Crippen LogP contribution in [-0.2, 0) is 0 Å². The molecule has 0 spiro atoms. The molecular weight excluding hydrogens is 133 g/mol. The lowest BCUT2D eigenvalue weighted by molar-refractivity contribution is 0.587. The molecule has 0 bridgehead atoms. The van der Waals surface area contributed by atoms with Gasteiger partial charge in [-0.15, -0.1) is 0 Å².